The first-order valence-electron chi connectivity index (χ1n) is 10.6. The molecule has 2 aromatic carbocycles. The van der Waals surface area contributed by atoms with Crippen LogP contribution in [-0.4, -0.2) is 45.6 Å². The molecule has 0 aliphatic carbocycles. The number of nitrogens with one attached hydrogen (secondary N) is 2. The second-order valence-electron chi connectivity index (χ2n) is 7.56. The molecule has 0 spiro atoms. The van der Waals surface area contributed by atoms with Crippen molar-refractivity contribution >= 4 is 34.4 Å². The number of aryl methyl sites for hydroxylation is 1. The van der Waals surface area contributed by atoms with Crippen LogP contribution in [0.4, 0.5) is 5.69 Å². The van der Waals surface area contributed by atoms with E-state index in [0.29, 0.717) is 0 Å². The van der Waals surface area contributed by atoms with Gasteiger partial charge in [0, 0.05) is 17.1 Å². The smallest absolute Gasteiger partial charge is 0.414 e. The summed E-state index contributed by atoms with van der Waals surface area (Å²) in [5, 5.41) is 22.2. The lowest BCUT2D eigenvalue weighted by Gasteiger charge is -2.17. The molecule has 0 fully saturated rings. The molecule has 3 rings (SSSR count). The van der Waals surface area contributed by atoms with E-state index in [4.69, 9.17) is 24.8 Å². The number of aliphatic carboxylic acids is 2. The molecule has 1 unspecified atom stereocenters. The van der Waals surface area contributed by atoms with Gasteiger partial charge in [0.05, 0.1) is 17.7 Å². The Morgan fingerprint density at radius 2 is 1.58 bits per heavy atom. The van der Waals surface area contributed by atoms with Crippen molar-refractivity contribution in [2.45, 2.75) is 39.7 Å². The Hall–Kier alpha value is -3.78. The highest BCUT2D eigenvalue weighted by molar-refractivity contribution is 6.27. The number of anilines is 1. The largest absolute Gasteiger partial charge is 0.473 e. The van der Waals surface area contributed by atoms with E-state index in [9.17, 15) is 4.79 Å². The zero-order valence-electron chi connectivity index (χ0n) is 19.0. The van der Waals surface area contributed by atoms with Gasteiger partial charge in [-0.05, 0) is 43.9 Å². The molecule has 1 atom stereocenters. The molecular formula is C25H29N3O5. The van der Waals surface area contributed by atoms with Crippen molar-refractivity contribution in [3.8, 4) is 0 Å². The summed E-state index contributed by atoms with van der Waals surface area (Å²) in [6.07, 6.45) is 1.73. The third-order valence-corrected chi connectivity index (χ3v) is 5.01. The molecule has 0 aliphatic rings. The molecule has 1 aromatic heterocycles. The van der Waals surface area contributed by atoms with Crippen molar-refractivity contribution in [2.24, 2.45) is 0 Å². The molecule has 0 saturated heterocycles. The quantitative estimate of drug-likeness (QED) is 0.405. The lowest BCUT2D eigenvalue weighted by molar-refractivity contribution is -0.159. The number of pyridine rings is 1. The first-order valence-corrected chi connectivity index (χ1v) is 10.6. The predicted octanol–water partition coefficient (Wildman–Crippen LogP) is 3.42. The number of amides is 1. The highest BCUT2D eigenvalue weighted by Crippen LogP contribution is 2.28. The van der Waals surface area contributed by atoms with Crippen molar-refractivity contribution < 1.29 is 24.6 Å². The van der Waals surface area contributed by atoms with Crippen LogP contribution in [0.3, 0.4) is 0 Å². The number of aromatic nitrogens is 1. The van der Waals surface area contributed by atoms with E-state index in [2.05, 4.69) is 36.6 Å². The SMILES string of the molecule is CCc1nc2ccccc2c(NC(=O)CNC(C)Cc2ccccc2)c1C.O=C(O)C(=O)O. The van der Waals surface area contributed by atoms with E-state index in [1.807, 2.05) is 49.4 Å². The number of carbonyl (C=O) groups is 3. The molecule has 4 N–H and O–H groups in total. The summed E-state index contributed by atoms with van der Waals surface area (Å²) >= 11 is 0. The Morgan fingerprint density at radius 1 is 0.970 bits per heavy atom. The van der Waals surface area contributed by atoms with Gasteiger partial charge in [-0.3, -0.25) is 9.78 Å². The van der Waals surface area contributed by atoms with Gasteiger partial charge in [0.15, 0.2) is 0 Å². The minimum Gasteiger partial charge on any atom is -0.473 e. The summed E-state index contributed by atoms with van der Waals surface area (Å²) in [4.78, 5) is 35.5. The van der Waals surface area contributed by atoms with Crippen LogP contribution >= 0.6 is 0 Å². The lowest BCUT2D eigenvalue weighted by atomic mass is 10.1. The number of nitrogens with zero attached hydrogens (tertiary/aromatic N) is 1. The molecule has 8 heteroatoms. The van der Waals surface area contributed by atoms with E-state index >= 15 is 0 Å². The number of rotatable bonds is 7. The van der Waals surface area contributed by atoms with Crippen LogP contribution in [0, 0.1) is 6.92 Å². The summed E-state index contributed by atoms with van der Waals surface area (Å²) in [7, 11) is 0. The average Bonchev–Trinajstić information content (AvgIpc) is 2.80. The Bertz CT molecular complexity index is 1100. The summed E-state index contributed by atoms with van der Waals surface area (Å²) in [5.74, 6) is -3.68. The average molecular weight is 452 g/mol. The van der Waals surface area contributed by atoms with Crippen LogP contribution < -0.4 is 10.6 Å². The maximum atomic E-state index is 12.6. The van der Waals surface area contributed by atoms with Crippen LogP contribution in [0.1, 0.15) is 30.7 Å². The summed E-state index contributed by atoms with van der Waals surface area (Å²) in [6.45, 7) is 6.50. The van der Waals surface area contributed by atoms with Gasteiger partial charge >= 0.3 is 11.9 Å². The number of fused-ring (bicyclic) bond motifs is 1. The summed E-state index contributed by atoms with van der Waals surface area (Å²) in [6, 6.07) is 18.5. The first-order chi connectivity index (χ1) is 15.7. The molecule has 33 heavy (non-hydrogen) atoms. The predicted molar refractivity (Wildman–Crippen MR) is 127 cm³/mol. The van der Waals surface area contributed by atoms with Crippen LogP contribution in [0.2, 0.25) is 0 Å². The van der Waals surface area contributed by atoms with Gasteiger partial charge in [-0.1, -0.05) is 55.5 Å². The number of hydrogen-bond acceptors (Lipinski definition) is 5. The van der Waals surface area contributed by atoms with Gasteiger partial charge < -0.3 is 20.8 Å². The van der Waals surface area contributed by atoms with Crippen LogP contribution in [0.25, 0.3) is 10.9 Å². The fourth-order valence-electron chi connectivity index (χ4n) is 3.35. The molecular weight excluding hydrogens is 422 g/mol. The topological polar surface area (TPSA) is 129 Å². The minimum absolute atomic E-state index is 0.0311. The fourth-order valence-corrected chi connectivity index (χ4v) is 3.35. The maximum Gasteiger partial charge on any atom is 0.414 e. The van der Waals surface area contributed by atoms with E-state index in [1.165, 1.54) is 5.56 Å². The van der Waals surface area contributed by atoms with E-state index < -0.39 is 11.9 Å². The van der Waals surface area contributed by atoms with Gasteiger partial charge in [0.2, 0.25) is 5.91 Å². The molecule has 8 nitrogen and oxygen atoms in total. The molecule has 0 aliphatic heterocycles. The normalized spacial score (nSPS) is 11.2. The molecule has 0 bridgehead atoms. The monoisotopic (exact) mass is 451 g/mol. The minimum atomic E-state index is -1.82. The highest BCUT2D eigenvalue weighted by atomic mass is 16.4. The third-order valence-electron chi connectivity index (χ3n) is 5.01. The van der Waals surface area contributed by atoms with Crippen molar-refractivity contribution in [3.05, 3.63) is 71.4 Å². The number of hydrogen-bond donors (Lipinski definition) is 4. The molecule has 0 radical (unpaired) electrons. The van der Waals surface area contributed by atoms with Gasteiger partial charge in [-0.15, -0.1) is 0 Å². The fraction of sp³-hybridized carbons (Fsp3) is 0.280. The Balaban J connectivity index is 0.000000569. The standard InChI is InChI=1S/C23H27N3O.C2H2O4/c1-4-20-17(3)23(19-12-8-9-13-21(19)25-20)26-22(27)15-24-16(2)14-18-10-6-5-7-11-18;3-1(4)2(5)6/h5-13,16,24H,4,14-15H2,1-3H3,(H,25,26,27);(H,3,4)(H,5,6). The molecule has 0 saturated carbocycles. The lowest BCUT2D eigenvalue weighted by Crippen LogP contribution is -2.35. The summed E-state index contributed by atoms with van der Waals surface area (Å²) < 4.78 is 0. The van der Waals surface area contributed by atoms with Gasteiger partial charge in [-0.2, -0.15) is 0 Å². The molecule has 1 amide bonds. The zero-order chi connectivity index (χ0) is 24.4. The highest BCUT2D eigenvalue weighted by Gasteiger charge is 2.14. The second kappa shape index (κ2) is 12.3. The van der Waals surface area contributed by atoms with E-state index in [1.54, 1.807) is 0 Å². The van der Waals surface area contributed by atoms with Crippen molar-refractivity contribution in [3.63, 3.8) is 0 Å². The Morgan fingerprint density at radius 3 is 2.18 bits per heavy atom. The Labute approximate surface area is 192 Å². The number of carboxylic acids is 2. The second-order valence-corrected chi connectivity index (χ2v) is 7.56. The number of para-hydroxylation sites is 1. The molecule has 1 heterocycles. The van der Waals surface area contributed by atoms with Gasteiger partial charge in [-0.25, -0.2) is 9.59 Å². The van der Waals surface area contributed by atoms with Crippen molar-refractivity contribution in [2.75, 3.05) is 11.9 Å². The van der Waals surface area contributed by atoms with Crippen LogP contribution in [0.5, 0.6) is 0 Å². The Kier molecular flexibility index (Phi) is 9.50. The first kappa shape index (κ1) is 25.5. The number of carbonyl (C=O) groups excluding carboxylic acids is 1. The van der Waals surface area contributed by atoms with Crippen LogP contribution in [-0.2, 0) is 27.2 Å². The number of carboxylic acid groups (broad SMARTS) is 2. The third kappa shape index (κ3) is 7.69. The van der Waals surface area contributed by atoms with Gasteiger partial charge in [0.1, 0.15) is 0 Å². The van der Waals surface area contributed by atoms with Crippen LogP contribution in [0.15, 0.2) is 54.6 Å². The molecule has 174 valence electrons. The maximum absolute atomic E-state index is 12.6. The van der Waals surface area contributed by atoms with Crippen molar-refractivity contribution in [1.29, 1.82) is 0 Å². The number of benzene rings is 2. The van der Waals surface area contributed by atoms with Crippen molar-refractivity contribution in [1.82, 2.24) is 10.3 Å². The molecule has 3 aromatic rings. The van der Waals surface area contributed by atoms with E-state index in [0.717, 1.165) is 40.7 Å². The van der Waals surface area contributed by atoms with E-state index in [-0.39, 0.29) is 18.5 Å². The summed E-state index contributed by atoms with van der Waals surface area (Å²) in [5.41, 5.74) is 5.12. The zero-order valence-corrected chi connectivity index (χ0v) is 19.0. The van der Waals surface area contributed by atoms with Gasteiger partial charge in [0.25, 0.3) is 0 Å².